The third kappa shape index (κ3) is 3.17. The molecule has 2 aromatic heterocycles. The van der Waals surface area contributed by atoms with E-state index in [0.717, 1.165) is 16.7 Å². The van der Waals surface area contributed by atoms with Crippen LogP contribution in [0.1, 0.15) is 32.1 Å². The summed E-state index contributed by atoms with van der Waals surface area (Å²) < 4.78 is 11.3. The van der Waals surface area contributed by atoms with Gasteiger partial charge >= 0.3 is 6.09 Å². The molecule has 1 aliphatic heterocycles. The fourth-order valence-corrected chi connectivity index (χ4v) is 2.88. The van der Waals surface area contributed by atoms with Crippen LogP contribution in [0.3, 0.4) is 0 Å². The third-order valence-electron chi connectivity index (χ3n) is 4.29. The summed E-state index contributed by atoms with van der Waals surface area (Å²) >= 11 is 0. The molecule has 1 aromatic carbocycles. The maximum atomic E-state index is 12.0. The molecule has 0 saturated carbocycles. The summed E-state index contributed by atoms with van der Waals surface area (Å²) in [5.41, 5.74) is 2.73. The first kappa shape index (κ1) is 16.3. The number of cyclic esters (lactones) is 1. The van der Waals surface area contributed by atoms with E-state index in [1.54, 1.807) is 19.3 Å². The Kier molecular flexibility index (Phi) is 4.16. The number of hydrogen-bond donors (Lipinski definition) is 2. The first-order valence-corrected chi connectivity index (χ1v) is 8.52. The standard InChI is InChI=1S/C18H19N5O3/c1-10-5-6-20-18(24)26-11(2)15-8-19-9-16(21-15)17-13-7-12(25-10)3-4-14(13)22-23-17/h3-4,7-11H,5-6H2,1-2H3,(H,20,24)(H,22,23)/t10-,11-/m1/s1. The van der Waals surface area contributed by atoms with Crippen LogP contribution in [0.25, 0.3) is 22.3 Å². The van der Waals surface area contributed by atoms with Crippen molar-refractivity contribution in [3.8, 4) is 17.1 Å². The number of alkyl carbamates (subject to hydrolysis) is 1. The van der Waals surface area contributed by atoms with Crippen LogP contribution in [0.4, 0.5) is 4.79 Å². The Hall–Kier alpha value is -3.16. The number of fused-ring (bicyclic) bond motifs is 4. The smallest absolute Gasteiger partial charge is 0.407 e. The van der Waals surface area contributed by atoms with E-state index in [1.165, 1.54) is 0 Å². The van der Waals surface area contributed by atoms with Gasteiger partial charge in [0.05, 0.1) is 29.7 Å². The molecule has 4 bridgehead atoms. The van der Waals surface area contributed by atoms with Gasteiger partial charge in [0.2, 0.25) is 0 Å². The monoisotopic (exact) mass is 353 g/mol. The number of H-pyrrole nitrogens is 1. The minimum absolute atomic E-state index is 0.0634. The maximum absolute atomic E-state index is 12.0. The summed E-state index contributed by atoms with van der Waals surface area (Å²) in [6.07, 6.45) is 2.81. The van der Waals surface area contributed by atoms with E-state index in [0.29, 0.717) is 30.0 Å². The molecule has 134 valence electrons. The number of benzene rings is 1. The number of carbonyl (C=O) groups excluding carboxylic acids is 1. The molecule has 0 aliphatic carbocycles. The molecule has 4 rings (SSSR count). The molecule has 26 heavy (non-hydrogen) atoms. The highest BCUT2D eigenvalue weighted by atomic mass is 16.6. The highest BCUT2D eigenvalue weighted by Gasteiger charge is 2.18. The average Bonchev–Trinajstić information content (AvgIpc) is 3.04. The molecule has 0 saturated heterocycles. The Labute approximate surface area is 149 Å². The summed E-state index contributed by atoms with van der Waals surface area (Å²) in [6, 6.07) is 5.76. The number of nitrogens with zero attached hydrogens (tertiary/aromatic N) is 3. The molecule has 1 amide bonds. The average molecular weight is 353 g/mol. The second kappa shape index (κ2) is 6.62. The normalized spacial score (nSPS) is 20.6. The quantitative estimate of drug-likeness (QED) is 0.644. The van der Waals surface area contributed by atoms with Crippen molar-refractivity contribution in [1.82, 2.24) is 25.5 Å². The Morgan fingerprint density at radius 3 is 2.96 bits per heavy atom. The molecule has 3 heterocycles. The molecule has 2 atom stereocenters. The van der Waals surface area contributed by atoms with Crippen molar-refractivity contribution >= 4 is 17.0 Å². The van der Waals surface area contributed by atoms with Gasteiger partial charge in [-0.2, -0.15) is 5.10 Å². The van der Waals surface area contributed by atoms with Gasteiger partial charge in [0.15, 0.2) is 0 Å². The van der Waals surface area contributed by atoms with Gasteiger partial charge in [0, 0.05) is 18.4 Å². The van der Waals surface area contributed by atoms with Crippen molar-refractivity contribution in [3.63, 3.8) is 0 Å². The first-order chi connectivity index (χ1) is 12.6. The van der Waals surface area contributed by atoms with Crippen LogP contribution in [0.15, 0.2) is 30.6 Å². The van der Waals surface area contributed by atoms with E-state index in [2.05, 4.69) is 25.5 Å². The summed E-state index contributed by atoms with van der Waals surface area (Å²) in [5.74, 6) is 0.739. The lowest BCUT2D eigenvalue weighted by Crippen LogP contribution is -2.29. The van der Waals surface area contributed by atoms with Crippen molar-refractivity contribution in [1.29, 1.82) is 0 Å². The fourth-order valence-electron chi connectivity index (χ4n) is 2.88. The zero-order valence-electron chi connectivity index (χ0n) is 14.5. The van der Waals surface area contributed by atoms with Crippen molar-refractivity contribution < 1.29 is 14.3 Å². The fraction of sp³-hybridized carbons (Fsp3) is 0.333. The minimum Gasteiger partial charge on any atom is -0.491 e. The van der Waals surface area contributed by atoms with Gasteiger partial charge in [0.1, 0.15) is 23.2 Å². The van der Waals surface area contributed by atoms with Gasteiger partial charge in [0.25, 0.3) is 0 Å². The number of hydrogen-bond acceptors (Lipinski definition) is 6. The van der Waals surface area contributed by atoms with E-state index in [4.69, 9.17) is 9.47 Å². The molecule has 0 unspecified atom stereocenters. The predicted octanol–water partition coefficient (Wildman–Crippen LogP) is 2.98. The molecule has 8 heteroatoms. The molecular weight excluding hydrogens is 334 g/mol. The van der Waals surface area contributed by atoms with Crippen LogP contribution in [0.2, 0.25) is 0 Å². The minimum atomic E-state index is -0.526. The van der Waals surface area contributed by atoms with Crippen molar-refractivity contribution in [2.75, 3.05) is 6.54 Å². The Balaban J connectivity index is 1.82. The molecule has 3 aromatic rings. The number of aromatic nitrogens is 4. The largest absolute Gasteiger partial charge is 0.491 e. The number of aromatic amines is 1. The molecule has 0 radical (unpaired) electrons. The highest BCUT2D eigenvalue weighted by Crippen LogP contribution is 2.29. The van der Waals surface area contributed by atoms with Crippen LogP contribution in [0, 0.1) is 0 Å². The molecule has 0 fully saturated rings. The predicted molar refractivity (Wildman–Crippen MR) is 94.7 cm³/mol. The van der Waals surface area contributed by atoms with Gasteiger partial charge in [-0.1, -0.05) is 0 Å². The molecule has 0 spiro atoms. The highest BCUT2D eigenvalue weighted by molar-refractivity contribution is 5.92. The number of amides is 1. The van der Waals surface area contributed by atoms with Crippen molar-refractivity contribution in [2.45, 2.75) is 32.5 Å². The second-order valence-electron chi connectivity index (χ2n) is 6.30. The topological polar surface area (TPSA) is 102 Å². The lowest BCUT2D eigenvalue weighted by molar-refractivity contribution is 0.103. The summed E-state index contributed by atoms with van der Waals surface area (Å²) in [6.45, 7) is 4.18. The molecule has 1 aliphatic rings. The third-order valence-corrected chi connectivity index (χ3v) is 4.29. The van der Waals surface area contributed by atoms with Crippen molar-refractivity contribution in [2.24, 2.45) is 0 Å². The lowest BCUT2D eigenvalue weighted by Gasteiger charge is -2.16. The summed E-state index contributed by atoms with van der Waals surface area (Å²) in [5, 5.41) is 11.0. The van der Waals surface area contributed by atoms with E-state index >= 15 is 0 Å². The van der Waals surface area contributed by atoms with Crippen LogP contribution in [-0.4, -0.2) is 38.9 Å². The van der Waals surface area contributed by atoms with E-state index in [-0.39, 0.29) is 6.10 Å². The zero-order valence-corrected chi connectivity index (χ0v) is 14.5. The number of rotatable bonds is 0. The van der Waals surface area contributed by atoms with Crippen LogP contribution in [-0.2, 0) is 4.74 Å². The van der Waals surface area contributed by atoms with Gasteiger partial charge in [-0.15, -0.1) is 0 Å². The Bertz CT molecular complexity index is 955. The first-order valence-electron chi connectivity index (χ1n) is 8.52. The van der Waals surface area contributed by atoms with Gasteiger partial charge in [-0.25, -0.2) is 9.78 Å². The molecular formula is C18H19N5O3. The SMILES string of the molecule is C[C@@H]1CCNC(=O)O[C@H](C)c2cncc(n2)-c2n[nH]c3ccc(cc23)O1. The lowest BCUT2D eigenvalue weighted by atomic mass is 10.1. The van der Waals surface area contributed by atoms with Crippen molar-refractivity contribution in [3.05, 3.63) is 36.3 Å². The zero-order chi connectivity index (χ0) is 18.1. The van der Waals surface area contributed by atoms with Crippen LogP contribution < -0.4 is 10.1 Å². The van der Waals surface area contributed by atoms with Gasteiger partial charge in [-0.05, 0) is 32.0 Å². The Morgan fingerprint density at radius 2 is 2.08 bits per heavy atom. The number of nitrogens with one attached hydrogen (secondary N) is 2. The second-order valence-corrected chi connectivity index (χ2v) is 6.30. The van der Waals surface area contributed by atoms with E-state index < -0.39 is 12.2 Å². The summed E-state index contributed by atoms with van der Waals surface area (Å²) in [7, 11) is 0. The summed E-state index contributed by atoms with van der Waals surface area (Å²) in [4.78, 5) is 20.8. The molecule has 2 N–H and O–H groups in total. The molecule has 8 nitrogen and oxygen atoms in total. The van der Waals surface area contributed by atoms with Crippen LogP contribution in [0.5, 0.6) is 5.75 Å². The van der Waals surface area contributed by atoms with E-state index in [1.807, 2.05) is 25.1 Å². The van der Waals surface area contributed by atoms with E-state index in [9.17, 15) is 4.79 Å². The number of carbonyl (C=O) groups is 1. The van der Waals surface area contributed by atoms with Gasteiger partial charge < -0.3 is 14.8 Å². The van der Waals surface area contributed by atoms with Gasteiger partial charge in [-0.3, -0.25) is 10.1 Å². The van der Waals surface area contributed by atoms with Crippen LogP contribution >= 0.6 is 0 Å². The number of ether oxygens (including phenoxy) is 2. The Morgan fingerprint density at radius 1 is 1.19 bits per heavy atom. The maximum Gasteiger partial charge on any atom is 0.407 e.